The van der Waals surface area contributed by atoms with Crippen molar-refractivity contribution in [3.8, 4) is 11.5 Å². The molecule has 5 heteroatoms. The number of hydrogen-bond acceptors (Lipinski definition) is 4. The summed E-state index contributed by atoms with van der Waals surface area (Å²) in [6.45, 7) is 1.72. The van der Waals surface area contributed by atoms with E-state index in [2.05, 4.69) is 0 Å². The number of nitrogens with zero attached hydrogens (tertiary/aromatic N) is 1. The monoisotopic (exact) mass is 354 g/mol. The van der Waals surface area contributed by atoms with E-state index in [9.17, 15) is 4.79 Å². The number of hydrogen-bond donors (Lipinski definition) is 1. The van der Waals surface area contributed by atoms with Gasteiger partial charge in [-0.15, -0.1) is 0 Å². The van der Waals surface area contributed by atoms with E-state index in [0.29, 0.717) is 24.7 Å². The first-order valence-electron chi connectivity index (χ1n) is 9.16. The third kappa shape index (κ3) is 4.76. The topological polar surface area (TPSA) is 64.8 Å². The van der Waals surface area contributed by atoms with Gasteiger partial charge in [0.2, 0.25) is 0 Å². The molecule has 3 rings (SSSR count). The molecule has 1 heterocycles. The Morgan fingerprint density at radius 1 is 1.00 bits per heavy atom. The molecule has 1 atom stereocenters. The zero-order valence-electron chi connectivity index (χ0n) is 15.0. The number of rotatable bonds is 7. The Morgan fingerprint density at radius 3 is 2.42 bits per heavy atom. The van der Waals surface area contributed by atoms with Crippen LogP contribution in [-0.2, 0) is 11.4 Å². The van der Waals surface area contributed by atoms with E-state index >= 15 is 0 Å². The number of ether oxygens (including phenoxy) is 2. The zero-order chi connectivity index (χ0) is 18.2. The lowest BCUT2D eigenvalue weighted by atomic mass is 10.0. The average Bonchev–Trinajstić information content (AvgIpc) is 2.71. The van der Waals surface area contributed by atoms with Crippen LogP contribution in [0.5, 0.6) is 11.5 Å². The molecule has 0 radical (unpaired) electrons. The standard InChI is InChI=1S/C21H26N2O3/c22-14-18-10-6-7-13-23(18)21(24)16-26-20-12-5-4-11-19(20)25-15-17-8-2-1-3-9-17/h1-5,8-9,11-12,18H,6-7,10,13-16,22H2. The van der Waals surface area contributed by atoms with E-state index in [-0.39, 0.29) is 18.6 Å². The van der Waals surface area contributed by atoms with Crippen LogP contribution in [-0.4, -0.2) is 36.5 Å². The van der Waals surface area contributed by atoms with Crippen molar-refractivity contribution in [1.29, 1.82) is 0 Å². The van der Waals surface area contributed by atoms with E-state index in [1.165, 1.54) is 0 Å². The third-order valence-electron chi connectivity index (χ3n) is 4.66. The van der Waals surface area contributed by atoms with Crippen LogP contribution in [0, 0.1) is 0 Å². The Bertz CT molecular complexity index is 705. The summed E-state index contributed by atoms with van der Waals surface area (Å²) < 4.78 is 11.6. The number of likely N-dealkylation sites (tertiary alicyclic amines) is 1. The maximum atomic E-state index is 12.5. The number of benzene rings is 2. The molecule has 138 valence electrons. The van der Waals surface area contributed by atoms with Gasteiger partial charge in [-0.05, 0) is 37.0 Å². The summed E-state index contributed by atoms with van der Waals surface area (Å²) in [6.07, 6.45) is 3.13. The van der Waals surface area contributed by atoms with Gasteiger partial charge >= 0.3 is 0 Å². The van der Waals surface area contributed by atoms with Gasteiger partial charge in [0.1, 0.15) is 6.61 Å². The first-order chi connectivity index (χ1) is 12.8. The number of carbonyl (C=O) groups is 1. The lowest BCUT2D eigenvalue weighted by Crippen LogP contribution is -2.49. The second-order valence-electron chi connectivity index (χ2n) is 6.48. The minimum absolute atomic E-state index is 0.00219. The molecule has 0 saturated carbocycles. The van der Waals surface area contributed by atoms with Crippen molar-refractivity contribution >= 4 is 5.91 Å². The molecular weight excluding hydrogens is 328 g/mol. The second-order valence-corrected chi connectivity index (χ2v) is 6.48. The van der Waals surface area contributed by atoms with E-state index in [1.807, 2.05) is 59.5 Å². The Hall–Kier alpha value is -2.53. The zero-order valence-corrected chi connectivity index (χ0v) is 15.0. The Balaban J connectivity index is 1.58. The Kier molecular flexibility index (Phi) is 6.50. The highest BCUT2D eigenvalue weighted by Crippen LogP contribution is 2.27. The number of piperidine rings is 1. The molecule has 0 aliphatic carbocycles. The predicted molar refractivity (Wildman–Crippen MR) is 101 cm³/mol. The molecule has 26 heavy (non-hydrogen) atoms. The fourth-order valence-corrected chi connectivity index (χ4v) is 3.22. The van der Waals surface area contributed by atoms with Gasteiger partial charge in [0, 0.05) is 19.1 Å². The minimum Gasteiger partial charge on any atom is -0.485 e. The van der Waals surface area contributed by atoms with Gasteiger partial charge < -0.3 is 20.1 Å². The molecule has 1 fully saturated rings. The van der Waals surface area contributed by atoms with Crippen LogP contribution in [0.1, 0.15) is 24.8 Å². The number of nitrogens with two attached hydrogens (primary N) is 1. The molecular formula is C21H26N2O3. The molecule has 1 aliphatic rings. The summed E-state index contributed by atoms with van der Waals surface area (Å²) in [5.41, 5.74) is 6.88. The van der Waals surface area contributed by atoms with Crippen molar-refractivity contribution in [1.82, 2.24) is 4.90 Å². The number of carbonyl (C=O) groups excluding carboxylic acids is 1. The summed E-state index contributed by atoms with van der Waals surface area (Å²) in [7, 11) is 0. The van der Waals surface area contributed by atoms with Crippen molar-refractivity contribution in [3.05, 3.63) is 60.2 Å². The molecule has 2 aromatic carbocycles. The molecule has 1 aliphatic heterocycles. The first kappa shape index (κ1) is 18.3. The molecule has 1 unspecified atom stereocenters. The van der Waals surface area contributed by atoms with Crippen LogP contribution in [0.4, 0.5) is 0 Å². The van der Waals surface area contributed by atoms with E-state index in [0.717, 1.165) is 31.4 Å². The summed E-state index contributed by atoms with van der Waals surface area (Å²) in [5.74, 6) is 1.20. The van der Waals surface area contributed by atoms with E-state index in [4.69, 9.17) is 15.2 Å². The highest BCUT2D eigenvalue weighted by Gasteiger charge is 2.25. The molecule has 2 aromatic rings. The average molecular weight is 354 g/mol. The molecule has 0 aromatic heterocycles. The maximum Gasteiger partial charge on any atom is 0.260 e. The highest BCUT2D eigenvalue weighted by molar-refractivity contribution is 5.78. The van der Waals surface area contributed by atoms with E-state index in [1.54, 1.807) is 0 Å². The normalized spacial score (nSPS) is 17.0. The van der Waals surface area contributed by atoms with Gasteiger partial charge in [0.15, 0.2) is 18.1 Å². The smallest absolute Gasteiger partial charge is 0.260 e. The SMILES string of the molecule is NCC1CCCCN1C(=O)COc1ccccc1OCc1ccccc1. The maximum absolute atomic E-state index is 12.5. The Morgan fingerprint density at radius 2 is 1.69 bits per heavy atom. The number of para-hydroxylation sites is 2. The quantitative estimate of drug-likeness (QED) is 0.830. The van der Waals surface area contributed by atoms with E-state index < -0.39 is 0 Å². The highest BCUT2D eigenvalue weighted by atomic mass is 16.5. The van der Waals surface area contributed by atoms with Crippen molar-refractivity contribution < 1.29 is 14.3 Å². The molecule has 1 saturated heterocycles. The summed E-state index contributed by atoms with van der Waals surface area (Å²) >= 11 is 0. The molecule has 5 nitrogen and oxygen atoms in total. The summed E-state index contributed by atoms with van der Waals surface area (Å²) in [5, 5.41) is 0. The predicted octanol–water partition coefficient (Wildman–Crippen LogP) is 2.98. The van der Waals surface area contributed by atoms with Gasteiger partial charge in [-0.2, -0.15) is 0 Å². The lowest BCUT2D eigenvalue weighted by molar-refractivity contribution is -0.136. The molecule has 0 bridgehead atoms. The fourth-order valence-electron chi connectivity index (χ4n) is 3.22. The van der Waals surface area contributed by atoms with Crippen LogP contribution in [0.3, 0.4) is 0 Å². The van der Waals surface area contributed by atoms with Gasteiger partial charge in [-0.1, -0.05) is 42.5 Å². The fraction of sp³-hybridized carbons (Fsp3) is 0.381. The van der Waals surface area contributed by atoms with Gasteiger partial charge in [-0.25, -0.2) is 0 Å². The van der Waals surface area contributed by atoms with Crippen molar-refractivity contribution in [2.24, 2.45) is 5.73 Å². The minimum atomic E-state index is -0.0157. The summed E-state index contributed by atoms with van der Waals surface area (Å²) in [4.78, 5) is 14.4. The molecule has 0 spiro atoms. The summed E-state index contributed by atoms with van der Waals surface area (Å²) in [6, 6.07) is 17.5. The van der Waals surface area contributed by atoms with Crippen LogP contribution < -0.4 is 15.2 Å². The van der Waals surface area contributed by atoms with Crippen LogP contribution in [0.15, 0.2) is 54.6 Å². The Labute approximate surface area is 154 Å². The van der Waals surface area contributed by atoms with Crippen LogP contribution in [0.25, 0.3) is 0 Å². The first-order valence-corrected chi connectivity index (χ1v) is 9.16. The second kappa shape index (κ2) is 9.25. The molecule has 2 N–H and O–H groups in total. The van der Waals surface area contributed by atoms with Crippen LogP contribution in [0.2, 0.25) is 0 Å². The van der Waals surface area contributed by atoms with Crippen molar-refractivity contribution in [2.45, 2.75) is 31.9 Å². The molecule has 1 amide bonds. The van der Waals surface area contributed by atoms with Gasteiger partial charge in [-0.3, -0.25) is 4.79 Å². The van der Waals surface area contributed by atoms with Gasteiger partial charge in [0.05, 0.1) is 0 Å². The third-order valence-corrected chi connectivity index (χ3v) is 4.66. The largest absolute Gasteiger partial charge is 0.485 e. The van der Waals surface area contributed by atoms with Crippen LogP contribution >= 0.6 is 0 Å². The lowest BCUT2D eigenvalue weighted by Gasteiger charge is -2.35. The van der Waals surface area contributed by atoms with Crippen molar-refractivity contribution in [3.63, 3.8) is 0 Å². The number of amides is 1. The van der Waals surface area contributed by atoms with Gasteiger partial charge in [0.25, 0.3) is 5.91 Å². The van der Waals surface area contributed by atoms with Crippen molar-refractivity contribution in [2.75, 3.05) is 19.7 Å².